The van der Waals surface area contributed by atoms with Crippen molar-refractivity contribution in [1.82, 2.24) is 0 Å². The number of anilines is 1. The van der Waals surface area contributed by atoms with E-state index in [-0.39, 0.29) is 11.9 Å². The van der Waals surface area contributed by atoms with E-state index in [1.54, 1.807) is 0 Å². The first-order valence-corrected chi connectivity index (χ1v) is 7.21. The van der Waals surface area contributed by atoms with Crippen molar-refractivity contribution in [3.8, 4) is 0 Å². The van der Waals surface area contributed by atoms with Crippen LogP contribution >= 0.6 is 0 Å². The molecule has 0 saturated carbocycles. The van der Waals surface area contributed by atoms with E-state index >= 15 is 0 Å². The number of hydrogen-bond donors (Lipinski definition) is 1. The summed E-state index contributed by atoms with van der Waals surface area (Å²) in [5.41, 5.74) is 7.84. The summed E-state index contributed by atoms with van der Waals surface area (Å²) in [6.45, 7) is 6.65. The van der Waals surface area contributed by atoms with Crippen LogP contribution < -0.4 is 10.6 Å². The van der Waals surface area contributed by atoms with Crippen LogP contribution in [0, 0.1) is 5.41 Å². The molecule has 0 aliphatic carbocycles. The van der Waals surface area contributed by atoms with E-state index in [1.807, 2.05) is 23.1 Å². The standard InChI is InChI=1S/C16H24N2O/c1-4-16(5-2,11-17)15(19)18-12(3)10-13-8-6-7-9-14(13)18/h6-9,12H,4-5,10-11,17H2,1-3H3. The molecular formula is C16H24N2O. The first kappa shape index (κ1) is 14.1. The van der Waals surface area contributed by atoms with Gasteiger partial charge in [0.1, 0.15) is 0 Å². The number of carbonyl (C=O) groups excluding carboxylic acids is 1. The van der Waals surface area contributed by atoms with Crippen LogP contribution in [-0.2, 0) is 11.2 Å². The Morgan fingerprint density at radius 3 is 2.58 bits per heavy atom. The first-order chi connectivity index (χ1) is 9.09. The third-order valence-corrected chi connectivity index (χ3v) is 4.62. The molecule has 0 radical (unpaired) electrons. The van der Waals surface area contributed by atoms with Gasteiger partial charge in [-0.05, 0) is 37.8 Å². The minimum Gasteiger partial charge on any atom is -0.329 e. The number of rotatable bonds is 4. The van der Waals surface area contributed by atoms with E-state index in [9.17, 15) is 4.79 Å². The topological polar surface area (TPSA) is 46.3 Å². The largest absolute Gasteiger partial charge is 0.329 e. The number of carbonyl (C=O) groups is 1. The predicted molar refractivity (Wildman–Crippen MR) is 79.2 cm³/mol. The molecule has 1 aliphatic heterocycles. The number of nitrogens with two attached hydrogens (primary N) is 1. The Bertz CT molecular complexity index is 457. The van der Waals surface area contributed by atoms with Crippen molar-refractivity contribution in [3.05, 3.63) is 29.8 Å². The van der Waals surface area contributed by atoms with Gasteiger partial charge >= 0.3 is 0 Å². The number of amides is 1. The first-order valence-electron chi connectivity index (χ1n) is 7.21. The van der Waals surface area contributed by atoms with Crippen molar-refractivity contribution in [2.24, 2.45) is 11.1 Å². The van der Waals surface area contributed by atoms with Crippen LogP contribution in [-0.4, -0.2) is 18.5 Å². The molecule has 0 bridgehead atoms. The molecule has 1 atom stereocenters. The van der Waals surface area contributed by atoms with Crippen LogP contribution in [0.5, 0.6) is 0 Å². The maximum absolute atomic E-state index is 13.0. The van der Waals surface area contributed by atoms with E-state index in [1.165, 1.54) is 5.56 Å². The molecule has 0 spiro atoms. The van der Waals surface area contributed by atoms with Gasteiger partial charge in [-0.3, -0.25) is 4.79 Å². The van der Waals surface area contributed by atoms with Crippen LogP contribution in [0.2, 0.25) is 0 Å². The molecule has 19 heavy (non-hydrogen) atoms. The molecule has 1 heterocycles. The quantitative estimate of drug-likeness (QED) is 0.904. The summed E-state index contributed by atoms with van der Waals surface area (Å²) in [4.78, 5) is 14.9. The average Bonchev–Trinajstić information content (AvgIpc) is 2.76. The minimum atomic E-state index is -0.411. The molecule has 2 rings (SSSR count). The molecule has 3 heteroatoms. The van der Waals surface area contributed by atoms with Gasteiger partial charge in [0, 0.05) is 18.3 Å². The van der Waals surface area contributed by atoms with Crippen LogP contribution in [0.25, 0.3) is 0 Å². The van der Waals surface area contributed by atoms with E-state index in [0.717, 1.165) is 24.9 Å². The van der Waals surface area contributed by atoms with E-state index in [0.29, 0.717) is 6.54 Å². The third kappa shape index (κ3) is 2.16. The van der Waals surface area contributed by atoms with E-state index < -0.39 is 5.41 Å². The number of benzene rings is 1. The molecule has 0 aromatic heterocycles. The second kappa shape index (κ2) is 5.33. The summed E-state index contributed by atoms with van der Waals surface area (Å²) in [5, 5.41) is 0. The minimum absolute atomic E-state index is 0.192. The summed E-state index contributed by atoms with van der Waals surface area (Å²) >= 11 is 0. The molecule has 0 saturated heterocycles. The fourth-order valence-electron chi connectivity index (χ4n) is 3.06. The Morgan fingerprint density at radius 2 is 2.00 bits per heavy atom. The van der Waals surface area contributed by atoms with Crippen LogP contribution in [0.3, 0.4) is 0 Å². The fraction of sp³-hybridized carbons (Fsp3) is 0.562. The van der Waals surface area contributed by atoms with Crippen molar-refractivity contribution in [3.63, 3.8) is 0 Å². The Morgan fingerprint density at radius 1 is 1.37 bits per heavy atom. The van der Waals surface area contributed by atoms with Crippen molar-refractivity contribution >= 4 is 11.6 Å². The number of hydrogen-bond acceptors (Lipinski definition) is 2. The van der Waals surface area contributed by atoms with Gasteiger partial charge in [-0.1, -0.05) is 32.0 Å². The van der Waals surface area contributed by atoms with Crippen LogP contribution in [0.4, 0.5) is 5.69 Å². The summed E-state index contributed by atoms with van der Waals surface area (Å²) in [5.74, 6) is 0.192. The molecule has 1 amide bonds. The average molecular weight is 260 g/mol. The zero-order valence-electron chi connectivity index (χ0n) is 12.1. The molecule has 104 valence electrons. The van der Waals surface area contributed by atoms with Crippen LogP contribution in [0.15, 0.2) is 24.3 Å². The molecule has 3 nitrogen and oxygen atoms in total. The molecule has 1 aromatic rings. The summed E-state index contributed by atoms with van der Waals surface area (Å²) < 4.78 is 0. The monoisotopic (exact) mass is 260 g/mol. The van der Waals surface area contributed by atoms with Crippen LogP contribution in [0.1, 0.15) is 39.2 Å². The second-order valence-corrected chi connectivity index (χ2v) is 5.55. The zero-order valence-corrected chi connectivity index (χ0v) is 12.1. The highest BCUT2D eigenvalue weighted by Gasteiger charge is 2.41. The lowest BCUT2D eigenvalue weighted by Crippen LogP contribution is -2.49. The van der Waals surface area contributed by atoms with Gasteiger partial charge < -0.3 is 10.6 Å². The lowest BCUT2D eigenvalue weighted by molar-refractivity contribution is -0.128. The molecule has 1 unspecified atom stereocenters. The fourth-order valence-corrected chi connectivity index (χ4v) is 3.06. The highest BCUT2D eigenvalue weighted by atomic mass is 16.2. The Balaban J connectivity index is 2.39. The van der Waals surface area contributed by atoms with Crippen molar-refractivity contribution in [2.75, 3.05) is 11.4 Å². The van der Waals surface area contributed by atoms with Crippen molar-refractivity contribution in [1.29, 1.82) is 0 Å². The SMILES string of the molecule is CCC(CC)(CN)C(=O)N1c2ccccc2CC1C. The summed E-state index contributed by atoms with van der Waals surface area (Å²) in [7, 11) is 0. The lowest BCUT2D eigenvalue weighted by atomic mass is 9.80. The van der Waals surface area contributed by atoms with Crippen molar-refractivity contribution < 1.29 is 4.79 Å². The molecular weight excluding hydrogens is 236 g/mol. The Labute approximate surface area is 115 Å². The van der Waals surface area contributed by atoms with Gasteiger partial charge in [0.25, 0.3) is 0 Å². The smallest absolute Gasteiger partial charge is 0.234 e. The van der Waals surface area contributed by atoms with Gasteiger partial charge in [0.2, 0.25) is 5.91 Å². The predicted octanol–water partition coefficient (Wildman–Crippen LogP) is 2.73. The summed E-state index contributed by atoms with van der Waals surface area (Å²) in [6, 6.07) is 8.42. The summed E-state index contributed by atoms with van der Waals surface area (Å²) in [6.07, 6.45) is 2.53. The zero-order chi connectivity index (χ0) is 14.0. The van der Waals surface area contributed by atoms with Gasteiger partial charge in [-0.25, -0.2) is 0 Å². The highest BCUT2D eigenvalue weighted by Crippen LogP contribution is 2.37. The number of nitrogens with zero attached hydrogens (tertiary/aromatic N) is 1. The molecule has 1 aliphatic rings. The van der Waals surface area contributed by atoms with Crippen molar-refractivity contribution in [2.45, 2.75) is 46.1 Å². The van der Waals surface area contributed by atoms with Gasteiger partial charge in [-0.15, -0.1) is 0 Å². The Hall–Kier alpha value is -1.35. The van der Waals surface area contributed by atoms with Gasteiger partial charge in [-0.2, -0.15) is 0 Å². The van der Waals surface area contributed by atoms with Gasteiger partial charge in [0.15, 0.2) is 0 Å². The number of fused-ring (bicyclic) bond motifs is 1. The maximum Gasteiger partial charge on any atom is 0.234 e. The van der Waals surface area contributed by atoms with E-state index in [4.69, 9.17) is 5.73 Å². The second-order valence-electron chi connectivity index (χ2n) is 5.55. The lowest BCUT2D eigenvalue weighted by Gasteiger charge is -2.35. The Kier molecular flexibility index (Phi) is 3.95. The normalized spacial score (nSPS) is 18.5. The highest BCUT2D eigenvalue weighted by molar-refractivity contribution is 6.00. The molecule has 2 N–H and O–H groups in total. The molecule has 1 aromatic carbocycles. The third-order valence-electron chi connectivity index (χ3n) is 4.62. The number of para-hydroxylation sites is 1. The maximum atomic E-state index is 13.0. The van der Waals surface area contributed by atoms with E-state index in [2.05, 4.69) is 26.8 Å². The molecule has 0 fully saturated rings. The van der Waals surface area contributed by atoms with Gasteiger partial charge in [0.05, 0.1) is 5.41 Å².